The quantitative estimate of drug-likeness (QED) is 0.183. The van der Waals surface area contributed by atoms with Crippen LogP contribution in [0.15, 0.2) is 99.9 Å². The number of sulfonamides is 2. The van der Waals surface area contributed by atoms with E-state index in [-0.39, 0.29) is 45.8 Å². The number of H-pyrrole nitrogens is 2. The zero-order chi connectivity index (χ0) is 42.3. The second-order valence-corrected chi connectivity index (χ2v) is 21.8. The van der Waals surface area contributed by atoms with E-state index < -0.39 is 29.9 Å². The number of aromatic nitrogens is 4. The Morgan fingerprint density at radius 1 is 0.576 bits per heavy atom. The molecule has 20 heteroatoms. The molecule has 2 saturated heterocycles. The largest absolute Gasteiger partial charge is 0.282 e. The number of halogens is 3. The second kappa shape index (κ2) is 17.0. The van der Waals surface area contributed by atoms with Crippen LogP contribution in [-0.4, -0.2) is 72.6 Å². The number of rotatable bonds is 5. The molecule has 6 atom stereocenters. The number of hydrogen-bond donors (Lipinski definition) is 2. The maximum atomic E-state index is 13.2. The number of hydrogen-bond acceptors (Lipinski definition) is 10. The molecule has 6 heterocycles. The average Bonchev–Trinajstić information content (AvgIpc) is 3.88. The molecule has 0 spiro atoms. The SMILES string of the molecule is CS(=O)(=O)c1ccc(Cl)cc1.N#CC1CC2Cc3[nH]ncc3C(C1)N2S(=O)(=O)c1ccc(Cl)cc1.N#CC1CC2Cc3[nH]ncc3C(C1)N2S(=O)(=O)c1ccc(Cl)cc1. The first-order valence-corrected chi connectivity index (χ1v) is 24.3. The van der Waals surface area contributed by atoms with Gasteiger partial charge in [-0.2, -0.15) is 29.3 Å². The minimum atomic E-state index is -3.67. The number of benzene rings is 3. The van der Waals surface area contributed by atoms with E-state index in [1.54, 1.807) is 57.4 Å². The van der Waals surface area contributed by atoms with E-state index in [0.717, 1.165) is 28.8 Å². The lowest BCUT2D eigenvalue weighted by Gasteiger charge is -2.45. The number of aromatic amines is 2. The summed E-state index contributed by atoms with van der Waals surface area (Å²) in [6.07, 6.45) is 7.69. The number of piperidine rings is 2. The summed E-state index contributed by atoms with van der Waals surface area (Å²) in [5, 5.41) is 34.3. The highest BCUT2D eigenvalue weighted by Crippen LogP contribution is 2.47. The molecule has 0 aliphatic carbocycles. The van der Waals surface area contributed by atoms with Crippen molar-refractivity contribution in [3.8, 4) is 12.1 Å². The van der Waals surface area contributed by atoms with Gasteiger partial charge in [0.1, 0.15) is 0 Å². The van der Waals surface area contributed by atoms with E-state index in [2.05, 4.69) is 32.5 Å². The lowest BCUT2D eigenvalue weighted by Crippen LogP contribution is -2.51. The highest BCUT2D eigenvalue weighted by Gasteiger charge is 2.49. The van der Waals surface area contributed by atoms with Gasteiger partial charge in [0.15, 0.2) is 9.84 Å². The van der Waals surface area contributed by atoms with Crippen molar-refractivity contribution in [3.63, 3.8) is 0 Å². The van der Waals surface area contributed by atoms with Crippen molar-refractivity contribution in [2.45, 2.75) is 77.4 Å². The van der Waals surface area contributed by atoms with Gasteiger partial charge in [-0.1, -0.05) is 34.8 Å². The highest BCUT2D eigenvalue weighted by molar-refractivity contribution is 7.90. The first kappa shape index (κ1) is 42.8. The molecule has 4 aliphatic heterocycles. The molecule has 308 valence electrons. The van der Waals surface area contributed by atoms with Gasteiger partial charge < -0.3 is 0 Å². The molecule has 59 heavy (non-hydrogen) atoms. The molecule has 3 aromatic carbocycles. The van der Waals surface area contributed by atoms with Gasteiger partial charge in [-0.25, -0.2) is 25.3 Å². The van der Waals surface area contributed by atoms with Gasteiger partial charge in [0.05, 0.1) is 51.3 Å². The maximum absolute atomic E-state index is 13.2. The van der Waals surface area contributed by atoms with Crippen molar-refractivity contribution in [1.29, 1.82) is 10.5 Å². The van der Waals surface area contributed by atoms with E-state index >= 15 is 0 Å². The van der Waals surface area contributed by atoms with Crippen molar-refractivity contribution in [3.05, 3.63) is 123 Å². The molecule has 4 bridgehead atoms. The average molecular weight is 916 g/mol. The summed E-state index contributed by atoms with van der Waals surface area (Å²) in [6.45, 7) is 0. The zero-order valence-corrected chi connectivity index (χ0v) is 36.0. The highest BCUT2D eigenvalue weighted by atomic mass is 35.5. The van der Waals surface area contributed by atoms with Crippen LogP contribution in [0.1, 0.15) is 60.3 Å². The summed E-state index contributed by atoms with van der Waals surface area (Å²) in [5.74, 6) is -0.278. The smallest absolute Gasteiger partial charge is 0.243 e. The Kier molecular flexibility index (Phi) is 12.3. The van der Waals surface area contributed by atoms with Crippen molar-refractivity contribution < 1.29 is 25.3 Å². The van der Waals surface area contributed by atoms with Gasteiger partial charge in [0, 0.05) is 80.6 Å². The molecule has 2 fully saturated rings. The minimum Gasteiger partial charge on any atom is -0.282 e. The van der Waals surface area contributed by atoms with Crippen LogP contribution in [0, 0.1) is 34.5 Å². The van der Waals surface area contributed by atoms with E-state index in [4.69, 9.17) is 34.8 Å². The topological polar surface area (TPSA) is 214 Å². The van der Waals surface area contributed by atoms with Crippen molar-refractivity contribution in [1.82, 2.24) is 29.0 Å². The predicted octanol–water partition coefficient (Wildman–Crippen LogP) is 7.05. The molecule has 0 amide bonds. The Morgan fingerprint density at radius 3 is 1.24 bits per heavy atom. The summed E-state index contributed by atoms with van der Waals surface area (Å²) in [5.41, 5.74) is 3.71. The summed E-state index contributed by atoms with van der Waals surface area (Å²) in [6, 6.07) is 21.9. The van der Waals surface area contributed by atoms with Crippen LogP contribution < -0.4 is 0 Å². The minimum absolute atomic E-state index is 0.139. The van der Waals surface area contributed by atoms with E-state index in [9.17, 15) is 35.8 Å². The van der Waals surface area contributed by atoms with Crippen molar-refractivity contribution >= 4 is 64.7 Å². The molecule has 4 aliphatic rings. The lowest BCUT2D eigenvalue weighted by atomic mass is 9.80. The van der Waals surface area contributed by atoms with Crippen LogP contribution in [0.5, 0.6) is 0 Å². The van der Waals surface area contributed by atoms with Crippen LogP contribution in [0.4, 0.5) is 0 Å². The van der Waals surface area contributed by atoms with Crippen molar-refractivity contribution in [2.75, 3.05) is 6.26 Å². The van der Waals surface area contributed by atoms with Crippen LogP contribution in [-0.2, 0) is 42.7 Å². The standard InChI is InChI=1S/2C16H15ClN4O2S.C7H7ClO2S/c2*17-11-1-3-13(4-2-11)24(22,23)21-12-5-10(8-18)6-16(21)14-9-19-20-15(14)7-12;1-11(9,10)7-4-2-6(8)3-5-7/h2*1-4,9-10,12,16H,5-7H2,(H,19,20);2-5H,1H3. The van der Waals surface area contributed by atoms with Gasteiger partial charge in [-0.15, -0.1) is 0 Å². The fraction of sp³-hybridized carbons (Fsp3) is 0.333. The lowest BCUT2D eigenvalue weighted by molar-refractivity contribution is 0.138. The Morgan fingerprint density at radius 2 is 0.915 bits per heavy atom. The molecule has 9 rings (SSSR count). The second-order valence-electron chi connectivity index (χ2n) is 14.8. The number of sulfone groups is 1. The third kappa shape index (κ3) is 8.80. The number of fused-ring (bicyclic) bond motifs is 8. The van der Waals surface area contributed by atoms with Crippen LogP contribution in [0.25, 0.3) is 0 Å². The Labute approximate surface area is 357 Å². The summed E-state index contributed by atoms with van der Waals surface area (Å²) >= 11 is 17.3. The van der Waals surface area contributed by atoms with Gasteiger partial charge in [0.25, 0.3) is 0 Å². The summed E-state index contributed by atoms with van der Waals surface area (Å²) in [7, 11) is -10.4. The predicted molar refractivity (Wildman–Crippen MR) is 220 cm³/mol. The molecule has 5 aromatic rings. The van der Waals surface area contributed by atoms with Crippen molar-refractivity contribution in [2.24, 2.45) is 11.8 Å². The normalized spacial score (nSPS) is 23.8. The fourth-order valence-electron chi connectivity index (χ4n) is 8.28. The van der Waals surface area contributed by atoms with Gasteiger partial charge >= 0.3 is 0 Å². The van der Waals surface area contributed by atoms with Crippen LogP contribution in [0.2, 0.25) is 15.1 Å². The van der Waals surface area contributed by atoms with Gasteiger partial charge in [-0.05, 0) is 98.5 Å². The summed E-state index contributed by atoms with van der Waals surface area (Å²) in [4.78, 5) is 0.746. The van der Waals surface area contributed by atoms with Crippen LogP contribution in [0.3, 0.4) is 0 Å². The first-order chi connectivity index (χ1) is 28.0. The van der Waals surface area contributed by atoms with Crippen LogP contribution >= 0.6 is 34.8 Å². The number of nitrogens with one attached hydrogen (secondary N) is 2. The van der Waals surface area contributed by atoms with Gasteiger partial charge in [0.2, 0.25) is 20.0 Å². The monoisotopic (exact) mass is 914 g/mol. The molecule has 6 unspecified atom stereocenters. The van der Waals surface area contributed by atoms with E-state index in [1.807, 2.05) is 0 Å². The third-order valence-corrected chi connectivity index (χ3v) is 16.8. The molecular weight excluding hydrogens is 879 g/mol. The van der Waals surface area contributed by atoms with E-state index in [1.165, 1.54) is 36.4 Å². The first-order valence-electron chi connectivity index (χ1n) is 18.4. The molecule has 2 N–H and O–H groups in total. The Bertz CT molecular complexity index is 2600. The summed E-state index contributed by atoms with van der Waals surface area (Å²) < 4.78 is 77.8. The maximum Gasteiger partial charge on any atom is 0.243 e. The molecule has 0 saturated carbocycles. The fourth-order valence-corrected chi connectivity index (χ4v) is 12.9. The molecule has 14 nitrogen and oxygen atoms in total. The molecular formula is C39H37Cl3N8O6S3. The molecule has 2 aromatic heterocycles. The molecule has 0 radical (unpaired) electrons. The van der Waals surface area contributed by atoms with Gasteiger partial charge in [-0.3, -0.25) is 10.2 Å². The zero-order valence-electron chi connectivity index (χ0n) is 31.3. The van der Waals surface area contributed by atoms with E-state index in [0.29, 0.717) is 58.5 Å². The Balaban J connectivity index is 0.000000144. The third-order valence-electron chi connectivity index (χ3n) is 10.9. The number of nitrogens with zero attached hydrogens (tertiary/aromatic N) is 6. The number of nitriles is 2. The Hall–Kier alpha value is -4.30.